The predicted molar refractivity (Wildman–Crippen MR) is 124 cm³/mol. The number of rotatable bonds is 12. The fraction of sp³-hybridized carbons (Fsp3) is 0.400. The summed E-state index contributed by atoms with van der Waals surface area (Å²) in [5, 5.41) is 12.7. The number of nitrogens with zero attached hydrogens (tertiary/aromatic N) is 1. The number of aliphatic carboxylic acids is 1. The van der Waals surface area contributed by atoms with E-state index >= 15 is 0 Å². The molecular weight excluding hydrogens is 426 g/mol. The number of carboxylic acid groups (broad SMARTS) is 1. The van der Waals surface area contributed by atoms with Crippen molar-refractivity contribution in [1.82, 2.24) is 0 Å². The molecule has 0 spiro atoms. The SMILES string of the molecule is CCC(C)(C)C(=O)OCc1cccc(C)c1OCCOc1ccc(C(=NOC)C(=O)O)cc1. The molecule has 33 heavy (non-hydrogen) atoms. The molecule has 0 saturated heterocycles. The highest BCUT2D eigenvalue weighted by atomic mass is 16.6. The molecule has 8 nitrogen and oxygen atoms in total. The second-order valence-corrected chi connectivity index (χ2v) is 8.03. The van der Waals surface area contributed by atoms with Crippen LogP contribution in [0, 0.1) is 12.3 Å². The Balaban J connectivity index is 1.94. The Kier molecular flexibility index (Phi) is 9.27. The van der Waals surface area contributed by atoms with Crippen LogP contribution in [0.25, 0.3) is 0 Å². The first-order chi connectivity index (χ1) is 15.7. The Morgan fingerprint density at radius 3 is 2.30 bits per heavy atom. The Bertz CT molecular complexity index is 981. The van der Waals surface area contributed by atoms with Gasteiger partial charge in [-0.3, -0.25) is 4.79 Å². The fourth-order valence-corrected chi connectivity index (χ4v) is 2.84. The van der Waals surface area contributed by atoms with Gasteiger partial charge in [-0.15, -0.1) is 0 Å². The minimum absolute atomic E-state index is 0.135. The van der Waals surface area contributed by atoms with Crippen molar-refractivity contribution in [2.24, 2.45) is 10.6 Å². The van der Waals surface area contributed by atoms with Gasteiger partial charge < -0.3 is 24.2 Å². The summed E-state index contributed by atoms with van der Waals surface area (Å²) in [6.07, 6.45) is 0.693. The maximum absolute atomic E-state index is 12.3. The second-order valence-electron chi connectivity index (χ2n) is 8.03. The number of carboxylic acids is 1. The van der Waals surface area contributed by atoms with Crippen molar-refractivity contribution in [2.75, 3.05) is 20.3 Å². The van der Waals surface area contributed by atoms with E-state index in [9.17, 15) is 14.7 Å². The molecule has 2 aromatic rings. The van der Waals surface area contributed by atoms with Crippen LogP contribution in [0.2, 0.25) is 0 Å². The summed E-state index contributed by atoms with van der Waals surface area (Å²) in [5.74, 6) is -0.201. The molecule has 0 amide bonds. The lowest BCUT2D eigenvalue weighted by molar-refractivity contribution is -0.155. The summed E-state index contributed by atoms with van der Waals surface area (Å²) in [6.45, 7) is 8.29. The summed E-state index contributed by atoms with van der Waals surface area (Å²) in [6, 6.07) is 12.2. The number of benzene rings is 2. The van der Waals surface area contributed by atoms with Crippen molar-refractivity contribution >= 4 is 17.7 Å². The number of carbonyl (C=O) groups excluding carboxylic acids is 1. The fourth-order valence-electron chi connectivity index (χ4n) is 2.84. The third-order valence-corrected chi connectivity index (χ3v) is 5.20. The zero-order valence-corrected chi connectivity index (χ0v) is 19.7. The van der Waals surface area contributed by atoms with E-state index < -0.39 is 11.4 Å². The minimum atomic E-state index is -1.18. The van der Waals surface area contributed by atoms with E-state index in [-0.39, 0.29) is 31.5 Å². The molecule has 0 aliphatic carbocycles. The van der Waals surface area contributed by atoms with Crippen molar-refractivity contribution in [3.05, 3.63) is 59.2 Å². The molecule has 0 heterocycles. The van der Waals surface area contributed by atoms with Crippen LogP contribution in [-0.2, 0) is 25.8 Å². The van der Waals surface area contributed by atoms with Crippen LogP contribution in [0.15, 0.2) is 47.6 Å². The molecular formula is C25H31NO7. The van der Waals surface area contributed by atoms with Gasteiger partial charge in [-0.05, 0) is 57.0 Å². The highest BCUT2D eigenvalue weighted by Crippen LogP contribution is 2.27. The summed E-state index contributed by atoms with van der Waals surface area (Å²) in [7, 11) is 1.29. The molecule has 1 N–H and O–H groups in total. The summed E-state index contributed by atoms with van der Waals surface area (Å²) >= 11 is 0. The van der Waals surface area contributed by atoms with Gasteiger partial charge in [-0.25, -0.2) is 4.79 Å². The van der Waals surface area contributed by atoms with E-state index in [1.165, 1.54) is 7.11 Å². The van der Waals surface area contributed by atoms with E-state index in [0.29, 0.717) is 23.5 Å². The van der Waals surface area contributed by atoms with Gasteiger partial charge >= 0.3 is 11.9 Å². The van der Waals surface area contributed by atoms with Crippen LogP contribution in [0.1, 0.15) is 43.9 Å². The lowest BCUT2D eigenvalue weighted by Gasteiger charge is -2.21. The molecule has 0 aromatic heterocycles. The topological polar surface area (TPSA) is 104 Å². The van der Waals surface area contributed by atoms with Gasteiger partial charge in [0.2, 0.25) is 0 Å². The Morgan fingerprint density at radius 2 is 1.70 bits per heavy atom. The van der Waals surface area contributed by atoms with E-state index in [0.717, 1.165) is 11.1 Å². The molecule has 2 aromatic carbocycles. The zero-order chi connectivity index (χ0) is 24.4. The van der Waals surface area contributed by atoms with Crippen LogP contribution < -0.4 is 9.47 Å². The number of carbonyl (C=O) groups is 2. The quantitative estimate of drug-likeness (QED) is 0.218. The van der Waals surface area contributed by atoms with Gasteiger partial charge in [0.05, 0.1) is 5.41 Å². The molecule has 0 bridgehead atoms. The maximum atomic E-state index is 12.3. The highest BCUT2D eigenvalue weighted by Gasteiger charge is 2.27. The number of oxime groups is 1. The van der Waals surface area contributed by atoms with Crippen LogP contribution in [-0.4, -0.2) is 43.1 Å². The van der Waals surface area contributed by atoms with Crippen molar-refractivity contribution < 1.29 is 33.7 Å². The van der Waals surface area contributed by atoms with E-state index in [1.54, 1.807) is 24.3 Å². The second kappa shape index (κ2) is 11.9. The largest absolute Gasteiger partial charge is 0.490 e. The Labute approximate surface area is 194 Å². The molecule has 178 valence electrons. The smallest absolute Gasteiger partial charge is 0.358 e. The summed E-state index contributed by atoms with van der Waals surface area (Å²) in [4.78, 5) is 28.1. The third kappa shape index (κ3) is 7.24. The van der Waals surface area contributed by atoms with Crippen molar-refractivity contribution in [3.8, 4) is 11.5 Å². The summed E-state index contributed by atoms with van der Waals surface area (Å²) < 4.78 is 17.1. The van der Waals surface area contributed by atoms with E-state index in [1.807, 2.05) is 45.9 Å². The number of hydrogen-bond donors (Lipinski definition) is 1. The molecule has 0 aliphatic rings. The molecule has 0 atom stereocenters. The maximum Gasteiger partial charge on any atom is 0.358 e. The molecule has 0 unspecified atom stereocenters. The molecule has 0 aliphatic heterocycles. The van der Waals surface area contributed by atoms with Gasteiger partial charge in [0.1, 0.15) is 38.4 Å². The van der Waals surface area contributed by atoms with Gasteiger partial charge in [0.15, 0.2) is 5.71 Å². The first kappa shape index (κ1) is 25.7. The van der Waals surface area contributed by atoms with Gasteiger partial charge in [0, 0.05) is 11.1 Å². The van der Waals surface area contributed by atoms with Crippen molar-refractivity contribution in [2.45, 2.75) is 40.7 Å². The number of ether oxygens (including phenoxy) is 3. The first-order valence-corrected chi connectivity index (χ1v) is 10.7. The number of esters is 1. The highest BCUT2D eigenvalue weighted by molar-refractivity contribution is 6.42. The van der Waals surface area contributed by atoms with Gasteiger partial charge in [-0.1, -0.05) is 30.3 Å². The molecule has 0 radical (unpaired) electrons. The summed E-state index contributed by atoms with van der Waals surface area (Å²) in [5.41, 5.74) is 1.40. The van der Waals surface area contributed by atoms with Crippen LogP contribution in [0.4, 0.5) is 0 Å². The van der Waals surface area contributed by atoms with Crippen molar-refractivity contribution in [1.29, 1.82) is 0 Å². The average molecular weight is 458 g/mol. The Morgan fingerprint density at radius 1 is 1.03 bits per heavy atom. The molecule has 2 rings (SSSR count). The number of para-hydroxylation sites is 1. The van der Waals surface area contributed by atoms with E-state index in [4.69, 9.17) is 14.2 Å². The van der Waals surface area contributed by atoms with Crippen LogP contribution in [0.3, 0.4) is 0 Å². The molecule has 0 saturated carbocycles. The number of aryl methyl sites for hydroxylation is 1. The number of hydrogen-bond acceptors (Lipinski definition) is 7. The zero-order valence-electron chi connectivity index (χ0n) is 19.7. The monoisotopic (exact) mass is 457 g/mol. The minimum Gasteiger partial charge on any atom is -0.490 e. The third-order valence-electron chi connectivity index (χ3n) is 5.20. The molecule has 0 fully saturated rings. The average Bonchev–Trinajstić information content (AvgIpc) is 2.80. The van der Waals surface area contributed by atoms with Crippen LogP contribution >= 0.6 is 0 Å². The van der Waals surface area contributed by atoms with E-state index in [2.05, 4.69) is 9.99 Å². The first-order valence-electron chi connectivity index (χ1n) is 10.7. The normalized spacial score (nSPS) is 11.6. The Hall–Kier alpha value is -3.55. The lowest BCUT2D eigenvalue weighted by atomic mass is 9.91. The van der Waals surface area contributed by atoms with Gasteiger partial charge in [0.25, 0.3) is 0 Å². The predicted octanol–water partition coefficient (Wildman–Crippen LogP) is 4.37. The standard InChI is InChI=1S/C25H31NO7/c1-6-25(3,4)24(29)33-16-19-9-7-8-17(2)22(19)32-15-14-31-20-12-10-18(11-13-20)21(23(27)28)26-30-5/h7-13H,6,14-16H2,1-5H3,(H,27,28). The van der Waals surface area contributed by atoms with Crippen LogP contribution in [0.5, 0.6) is 11.5 Å². The lowest BCUT2D eigenvalue weighted by Crippen LogP contribution is -2.25. The van der Waals surface area contributed by atoms with Crippen molar-refractivity contribution in [3.63, 3.8) is 0 Å². The van der Waals surface area contributed by atoms with Gasteiger partial charge in [-0.2, -0.15) is 0 Å². The molecule has 8 heteroatoms.